The highest BCUT2D eigenvalue weighted by atomic mass is 32.2. The first-order valence-electron chi connectivity index (χ1n) is 11.3. The Balaban J connectivity index is 1.50. The molecule has 1 fully saturated rings. The summed E-state index contributed by atoms with van der Waals surface area (Å²) in [6.45, 7) is 3.70. The number of nitrogens with one attached hydrogen (secondary N) is 2. The lowest BCUT2D eigenvalue weighted by atomic mass is 9.91. The first kappa shape index (κ1) is 25.2. The minimum absolute atomic E-state index is 0.0618. The van der Waals surface area contributed by atoms with Gasteiger partial charge < -0.3 is 9.26 Å². The van der Waals surface area contributed by atoms with E-state index in [1.165, 1.54) is 7.11 Å². The molecule has 1 aliphatic carbocycles. The summed E-state index contributed by atoms with van der Waals surface area (Å²) in [5, 5.41) is 9.50. The standard InChI is InChI=1S/C22H29N5O6S2/c1-3-34(28,29)24-12-18-11-23-27(14-18)13-17-9-19(32-2)21-20(10-17)33-25-22(21)26-35(30,31)15-16-7-5-4-6-8-16/h3,9-11,14,16,24H,1,4-8,12-13,15H2,2H3,(H,25,26). The van der Waals surface area contributed by atoms with E-state index in [1.807, 2.05) is 0 Å². The molecule has 0 aliphatic heterocycles. The van der Waals surface area contributed by atoms with Crippen molar-refractivity contribution in [1.29, 1.82) is 0 Å². The summed E-state index contributed by atoms with van der Waals surface area (Å²) in [4.78, 5) is 0. The van der Waals surface area contributed by atoms with Gasteiger partial charge in [0.1, 0.15) is 11.1 Å². The number of methoxy groups -OCH3 is 1. The molecule has 0 atom stereocenters. The number of sulfonamides is 2. The molecule has 1 saturated carbocycles. The molecule has 2 N–H and O–H groups in total. The van der Waals surface area contributed by atoms with E-state index in [4.69, 9.17) is 9.26 Å². The molecule has 190 valence electrons. The van der Waals surface area contributed by atoms with Gasteiger partial charge >= 0.3 is 0 Å². The lowest BCUT2D eigenvalue weighted by Gasteiger charge is -2.21. The van der Waals surface area contributed by atoms with Gasteiger partial charge in [0.25, 0.3) is 0 Å². The van der Waals surface area contributed by atoms with Crippen LogP contribution in [0.15, 0.2) is 41.0 Å². The van der Waals surface area contributed by atoms with Crippen LogP contribution in [0.1, 0.15) is 43.2 Å². The van der Waals surface area contributed by atoms with E-state index in [1.54, 1.807) is 29.2 Å². The lowest BCUT2D eigenvalue weighted by Crippen LogP contribution is -2.24. The molecule has 3 aromatic rings. The minimum atomic E-state index is -3.59. The molecule has 0 saturated heterocycles. The van der Waals surface area contributed by atoms with Gasteiger partial charge in [-0.2, -0.15) is 5.10 Å². The third kappa shape index (κ3) is 6.41. The molecular formula is C22H29N5O6S2. The monoisotopic (exact) mass is 523 g/mol. The second kappa shape index (κ2) is 10.4. The van der Waals surface area contributed by atoms with E-state index in [0.717, 1.165) is 43.1 Å². The average Bonchev–Trinajstić information content (AvgIpc) is 3.44. The van der Waals surface area contributed by atoms with Crippen molar-refractivity contribution >= 4 is 36.8 Å². The molecule has 1 aromatic carbocycles. The number of fused-ring (bicyclic) bond motifs is 1. The van der Waals surface area contributed by atoms with Crippen LogP contribution in [0.2, 0.25) is 0 Å². The van der Waals surface area contributed by atoms with Crippen LogP contribution >= 0.6 is 0 Å². The van der Waals surface area contributed by atoms with Gasteiger partial charge in [-0.25, -0.2) is 21.6 Å². The van der Waals surface area contributed by atoms with Gasteiger partial charge in [0.05, 0.1) is 25.6 Å². The first-order chi connectivity index (χ1) is 16.7. The fraction of sp³-hybridized carbons (Fsp3) is 0.455. The predicted octanol–water partition coefficient (Wildman–Crippen LogP) is 2.97. The zero-order valence-corrected chi connectivity index (χ0v) is 21.1. The largest absolute Gasteiger partial charge is 0.496 e. The van der Waals surface area contributed by atoms with Crippen molar-refractivity contribution in [2.75, 3.05) is 17.6 Å². The molecule has 0 bridgehead atoms. The molecule has 11 nitrogen and oxygen atoms in total. The Morgan fingerprint density at radius 3 is 2.69 bits per heavy atom. The number of rotatable bonds is 11. The van der Waals surface area contributed by atoms with E-state index in [9.17, 15) is 16.8 Å². The van der Waals surface area contributed by atoms with Gasteiger partial charge in [-0.3, -0.25) is 9.40 Å². The Bertz CT molecular complexity index is 1410. The summed E-state index contributed by atoms with van der Waals surface area (Å²) in [6.07, 6.45) is 8.40. The number of benzene rings is 1. The van der Waals surface area contributed by atoms with Crippen LogP contribution < -0.4 is 14.2 Å². The summed E-state index contributed by atoms with van der Waals surface area (Å²) in [5.74, 6) is 0.737. The fourth-order valence-electron chi connectivity index (χ4n) is 4.28. The SMILES string of the molecule is C=CS(=O)(=O)NCc1cnn(Cc2cc(OC)c3c(NS(=O)(=O)CC4CCCCC4)noc3c2)c1. The highest BCUT2D eigenvalue weighted by Gasteiger charge is 2.24. The summed E-state index contributed by atoms with van der Waals surface area (Å²) < 4.78 is 66.1. The van der Waals surface area contributed by atoms with Crippen LogP contribution in [-0.4, -0.2) is 44.6 Å². The van der Waals surface area contributed by atoms with Crippen molar-refractivity contribution < 1.29 is 26.1 Å². The van der Waals surface area contributed by atoms with Crippen LogP contribution in [0.5, 0.6) is 5.75 Å². The van der Waals surface area contributed by atoms with Crippen molar-refractivity contribution in [3.8, 4) is 5.75 Å². The predicted molar refractivity (Wildman–Crippen MR) is 132 cm³/mol. The molecule has 0 radical (unpaired) electrons. The lowest BCUT2D eigenvalue weighted by molar-refractivity contribution is 0.385. The van der Waals surface area contributed by atoms with Gasteiger partial charge in [-0.15, -0.1) is 0 Å². The zero-order chi connectivity index (χ0) is 25.1. The Hall–Kier alpha value is -2.90. The molecular weight excluding hydrogens is 494 g/mol. The number of ether oxygens (including phenoxy) is 1. The van der Waals surface area contributed by atoms with E-state index < -0.39 is 20.0 Å². The van der Waals surface area contributed by atoms with Gasteiger partial charge in [0.15, 0.2) is 11.4 Å². The maximum Gasteiger partial charge on any atom is 0.234 e. The fourth-order valence-corrected chi connectivity index (χ4v) is 6.24. The third-order valence-corrected chi connectivity index (χ3v) is 8.38. The van der Waals surface area contributed by atoms with E-state index >= 15 is 0 Å². The summed E-state index contributed by atoms with van der Waals surface area (Å²) in [5.41, 5.74) is 1.84. The quantitative estimate of drug-likeness (QED) is 0.390. The average molecular weight is 524 g/mol. The molecule has 13 heteroatoms. The number of hydrogen-bond acceptors (Lipinski definition) is 8. The summed E-state index contributed by atoms with van der Waals surface area (Å²) in [7, 11) is -5.63. The van der Waals surface area contributed by atoms with E-state index in [-0.39, 0.29) is 24.0 Å². The highest BCUT2D eigenvalue weighted by molar-refractivity contribution is 7.92. The van der Waals surface area contributed by atoms with E-state index in [2.05, 4.69) is 26.3 Å². The van der Waals surface area contributed by atoms with Crippen molar-refractivity contribution in [2.24, 2.45) is 5.92 Å². The van der Waals surface area contributed by atoms with Gasteiger partial charge in [-0.1, -0.05) is 31.0 Å². The van der Waals surface area contributed by atoms with Gasteiger partial charge in [-0.05, 0) is 36.5 Å². The van der Waals surface area contributed by atoms with Crippen molar-refractivity contribution in [2.45, 2.75) is 45.2 Å². The minimum Gasteiger partial charge on any atom is -0.496 e. The van der Waals surface area contributed by atoms with Gasteiger partial charge in [0.2, 0.25) is 20.0 Å². The highest BCUT2D eigenvalue weighted by Crippen LogP contribution is 2.35. The van der Waals surface area contributed by atoms with Crippen LogP contribution in [0, 0.1) is 5.92 Å². The maximum absolute atomic E-state index is 12.8. The molecule has 4 rings (SSSR count). The Morgan fingerprint density at radius 2 is 1.97 bits per heavy atom. The molecule has 35 heavy (non-hydrogen) atoms. The summed E-state index contributed by atoms with van der Waals surface area (Å²) in [6, 6.07) is 3.51. The zero-order valence-electron chi connectivity index (χ0n) is 19.4. The van der Waals surface area contributed by atoms with Crippen molar-refractivity contribution in [3.63, 3.8) is 0 Å². The second-order valence-corrected chi connectivity index (χ2v) is 12.1. The molecule has 0 unspecified atom stereocenters. The third-order valence-electron chi connectivity index (χ3n) is 5.98. The molecule has 2 aromatic heterocycles. The Labute approximate surface area is 204 Å². The second-order valence-electron chi connectivity index (χ2n) is 8.67. The van der Waals surface area contributed by atoms with Crippen LogP contribution in [0.3, 0.4) is 0 Å². The molecule has 2 heterocycles. The normalized spacial score (nSPS) is 15.3. The molecule has 1 aliphatic rings. The first-order valence-corrected chi connectivity index (χ1v) is 14.5. The number of aromatic nitrogens is 3. The summed E-state index contributed by atoms with van der Waals surface area (Å²) >= 11 is 0. The molecule has 0 amide bonds. The van der Waals surface area contributed by atoms with E-state index in [0.29, 0.717) is 28.8 Å². The maximum atomic E-state index is 12.8. The Kier molecular flexibility index (Phi) is 7.47. The van der Waals surface area contributed by atoms with Crippen LogP contribution in [-0.2, 0) is 33.1 Å². The van der Waals surface area contributed by atoms with Crippen LogP contribution in [0.25, 0.3) is 11.0 Å². The van der Waals surface area contributed by atoms with Crippen molar-refractivity contribution in [1.82, 2.24) is 19.7 Å². The topological polar surface area (TPSA) is 145 Å². The Morgan fingerprint density at radius 1 is 1.20 bits per heavy atom. The molecule has 0 spiro atoms. The van der Waals surface area contributed by atoms with Crippen molar-refractivity contribution in [3.05, 3.63) is 47.6 Å². The van der Waals surface area contributed by atoms with Gasteiger partial charge in [0, 0.05) is 23.7 Å². The number of anilines is 1. The van der Waals surface area contributed by atoms with Crippen LogP contribution in [0.4, 0.5) is 5.82 Å². The smallest absolute Gasteiger partial charge is 0.234 e. The number of nitrogens with zero attached hydrogens (tertiary/aromatic N) is 3. The number of hydrogen-bond donors (Lipinski definition) is 2.